The molecule has 0 aromatic rings. The van der Waals surface area contributed by atoms with Gasteiger partial charge in [-0.25, -0.2) is 4.79 Å². The van der Waals surface area contributed by atoms with Gasteiger partial charge in [0.1, 0.15) is 0 Å². The van der Waals surface area contributed by atoms with E-state index in [0.29, 0.717) is 12.8 Å². The van der Waals surface area contributed by atoms with E-state index >= 15 is 0 Å². The van der Waals surface area contributed by atoms with Crippen LogP contribution in [0.3, 0.4) is 0 Å². The predicted molar refractivity (Wildman–Crippen MR) is 186 cm³/mol. The van der Waals surface area contributed by atoms with Crippen molar-refractivity contribution in [1.82, 2.24) is 0 Å². The monoisotopic (exact) mass is 605 g/mol. The summed E-state index contributed by atoms with van der Waals surface area (Å²) in [5.41, 5.74) is 0. The minimum Gasteiger partial charge on any atom is -0.479 e. The largest absolute Gasteiger partial charge is 0.479 e. The SMILES string of the molecule is CCCCC/C=C\C/C=C\CCCCCCCCCCCC(=O)OC(CCCCCCCCCCCCCCC)C(=O)O. The molecule has 252 valence electrons. The Kier molecular flexibility index (Phi) is 33.6. The molecule has 1 unspecified atom stereocenters. The third kappa shape index (κ3) is 33.2. The van der Waals surface area contributed by atoms with Gasteiger partial charge >= 0.3 is 11.9 Å². The van der Waals surface area contributed by atoms with Gasteiger partial charge in [0.25, 0.3) is 0 Å². The Morgan fingerprint density at radius 2 is 0.884 bits per heavy atom. The van der Waals surface area contributed by atoms with E-state index in [1.54, 1.807) is 0 Å². The summed E-state index contributed by atoms with van der Waals surface area (Å²) < 4.78 is 5.31. The van der Waals surface area contributed by atoms with Crippen LogP contribution in [0.15, 0.2) is 24.3 Å². The number of aliphatic carboxylic acids is 1. The zero-order valence-electron chi connectivity index (χ0n) is 28.8. The van der Waals surface area contributed by atoms with Crippen LogP contribution in [0, 0.1) is 0 Å². The second kappa shape index (κ2) is 34.9. The standard InChI is InChI=1S/C39H72O4/c1-3-5-7-9-11-13-15-17-18-19-20-21-22-24-26-28-30-32-34-36-38(40)43-37(39(41)42)35-33-31-29-27-25-23-16-14-12-10-8-6-4-2/h11,13,17-18,37H,3-10,12,14-16,19-36H2,1-2H3,(H,41,42)/b13-11-,18-17-. The third-order valence-electron chi connectivity index (χ3n) is 8.45. The number of esters is 1. The minimum atomic E-state index is -1.01. The van der Waals surface area contributed by atoms with Crippen molar-refractivity contribution < 1.29 is 19.4 Å². The number of allylic oxidation sites excluding steroid dienone is 4. The number of hydrogen-bond donors (Lipinski definition) is 1. The molecule has 43 heavy (non-hydrogen) atoms. The van der Waals surface area contributed by atoms with Gasteiger partial charge in [0.05, 0.1) is 0 Å². The molecule has 1 atom stereocenters. The summed E-state index contributed by atoms with van der Waals surface area (Å²) in [6.45, 7) is 4.51. The molecule has 0 heterocycles. The van der Waals surface area contributed by atoms with Crippen LogP contribution < -0.4 is 0 Å². The van der Waals surface area contributed by atoms with Crippen molar-refractivity contribution in [1.29, 1.82) is 0 Å². The molecule has 0 saturated heterocycles. The molecule has 0 aliphatic rings. The summed E-state index contributed by atoms with van der Waals surface area (Å²) in [7, 11) is 0. The topological polar surface area (TPSA) is 63.6 Å². The lowest BCUT2D eigenvalue weighted by Gasteiger charge is -2.13. The number of carbonyl (C=O) groups excluding carboxylic acids is 1. The van der Waals surface area contributed by atoms with Crippen molar-refractivity contribution in [2.24, 2.45) is 0 Å². The Balaban J connectivity index is 3.55. The molecule has 0 saturated carbocycles. The van der Waals surface area contributed by atoms with Gasteiger partial charge in [-0.05, 0) is 51.4 Å². The minimum absolute atomic E-state index is 0.338. The molecule has 1 N–H and O–H groups in total. The normalized spacial score (nSPS) is 12.4. The Labute approximate surface area is 267 Å². The van der Waals surface area contributed by atoms with E-state index in [2.05, 4.69) is 38.2 Å². The van der Waals surface area contributed by atoms with E-state index in [1.807, 2.05) is 0 Å². The van der Waals surface area contributed by atoms with Crippen molar-refractivity contribution in [3.05, 3.63) is 24.3 Å². The highest BCUT2D eigenvalue weighted by atomic mass is 16.6. The highest BCUT2D eigenvalue weighted by Crippen LogP contribution is 2.16. The van der Waals surface area contributed by atoms with Gasteiger partial charge < -0.3 is 9.84 Å². The zero-order valence-corrected chi connectivity index (χ0v) is 28.8. The first-order chi connectivity index (χ1) is 21.1. The molecule has 0 aromatic carbocycles. The van der Waals surface area contributed by atoms with Crippen LogP contribution in [0.2, 0.25) is 0 Å². The number of carboxylic acids is 1. The van der Waals surface area contributed by atoms with Crippen LogP contribution in [0.1, 0.15) is 206 Å². The number of carboxylic acid groups (broad SMARTS) is 1. The van der Waals surface area contributed by atoms with E-state index in [-0.39, 0.29) is 5.97 Å². The molecular formula is C39H72O4. The molecule has 0 amide bonds. The molecule has 4 heteroatoms. The van der Waals surface area contributed by atoms with Crippen molar-refractivity contribution in [3.63, 3.8) is 0 Å². The Morgan fingerprint density at radius 1 is 0.512 bits per heavy atom. The Morgan fingerprint density at radius 3 is 1.35 bits per heavy atom. The van der Waals surface area contributed by atoms with Crippen LogP contribution in [0.5, 0.6) is 0 Å². The van der Waals surface area contributed by atoms with Gasteiger partial charge in [-0.15, -0.1) is 0 Å². The van der Waals surface area contributed by atoms with Crippen molar-refractivity contribution in [3.8, 4) is 0 Å². The summed E-state index contributed by atoms with van der Waals surface area (Å²) >= 11 is 0. The smallest absolute Gasteiger partial charge is 0.345 e. The molecule has 4 nitrogen and oxygen atoms in total. The lowest BCUT2D eigenvalue weighted by atomic mass is 10.0. The van der Waals surface area contributed by atoms with E-state index < -0.39 is 12.1 Å². The summed E-state index contributed by atoms with van der Waals surface area (Å²) in [5.74, 6) is -1.35. The number of hydrogen-bond acceptors (Lipinski definition) is 3. The maximum atomic E-state index is 12.2. The zero-order chi connectivity index (χ0) is 31.5. The number of unbranched alkanes of at least 4 members (excludes halogenated alkanes) is 24. The van der Waals surface area contributed by atoms with Gasteiger partial charge in [-0.2, -0.15) is 0 Å². The fourth-order valence-electron chi connectivity index (χ4n) is 5.59. The number of carbonyl (C=O) groups is 2. The maximum Gasteiger partial charge on any atom is 0.345 e. The lowest BCUT2D eigenvalue weighted by molar-refractivity contribution is -0.164. The average molecular weight is 605 g/mol. The molecule has 0 bridgehead atoms. The maximum absolute atomic E-state index is 12.2. The third-order valence-corrected chi connectivity index (χ3v) is 8.45. The van der Waals surface area contributed by atoms with Crippen LogP contribution in [-0.2, 0) is 14.3 Å². The van der Waals surface area contributed by atoms with Crippen LogP contribution in [0.4, 0.5) is 0 Å². The molecule has 0 fully saturated rings. The first-order valence-electron chi connectivity index (χ1n) is 18.8. The van der Waals surface area contributed by atoms with Gasteiger partial charge in [0.2, 0.25) is 0 Å². The van der Waals surface area contributed by atoms with Gasteiger partial charge in [0, 0.05) is 6.42 Å². The quantitative estimate of drug-likeness (QED) is 0.0451. The number of ether oxygens (including phenoxy) is 1. The highest BCUT2D eigenvalue weighted by molar-refractivity contribution is 5.77. The van der Waals surface area contributed by atoms with Crippen molar-refractivity contribution >= 4 is 11.9 Å². The second-order valence-electron chi connectivity index (χ2n) is 12.7. The first kappa shape index (κ1) is 41.4. The fraction of sp³-hybridized carbons (Fsp3) is 0.846. The Bertz CT molecular complexity index is 654. The highest BCUT2D eigenvalue weighted by Gasteiger charge is 2.21. The molecule has 0 aromatic heterocycles. The lowest BCUT2D eigenvalue weighted by Crippen LogP contribution is -2.27. The van der Waals surface area contributed by atoms with Crippen LogP contribution in [0.25, 0.3) is 0 Å². The van der Waals surface area contributed by atoms with Crippen LogP contribution >= 0.6 is 0 Å². The average Bonchev–Trinajstić information content (AvgIpc) is 3.00. The van der Waals surface area contributed by atoms with Gasteiger partial charge in [-0.1, -0.05) is 173 Å². The first-order valence-corrected chi connectivity index (χ1v) is 18.8. The van der Waals surface area contributed by atoms with Crippen molar-refractivity contribution in [2.75, 3.05) is 0 Å². The molecule has 0 radical (unpaired) electrons. The van der Waals surface area contributed by atoms with E-state index in [4.69, 9.17) is 4.74 Å². The summed E-state index contributed by atoms with van der Waals surface area (Å²) in [4.78, 5) is 23.7. The van der Waals surface area contributed by atoms with Gasteiger partial charge in [0.15, 0.2) is 6.10 Å². The summed E-state index contributed by atoms with van der Waals surface area (Å²) in [6, 6.07) is 0. The van der Waals surface area contributed by atoms with E-state index in [0.717, 1.165) is 44.9 Å². The molecule has 0 rings (SSSR count). The van der Waals surface area contributed by atoms with Crippen LogP contribution in [-0.4, -0.2) is 23.1 Å². The van der Waals surface area contributed by atoms with E-state index in [9.17, 15) is 14.7 Å². The van der Waals surface area contributed by atoms with E-state index in [1.165, 1.54) is 135 Å². The summed E-state index contributed by atoms with van der Waals surface area (Å²) in [6.07, 6.45) is 43.5. The molecule has 0 spiro atoms. The Hall–Kier alpha value is -1.58. The van der Waals surface area contributed by atoms with Gasteiger partial charge in [-0.3, -0.25) is 4.79 Å². The molecule has 0 aliphatic heterocycles. The fourth-order valence-corrected chi connectivity index (χ4v) is 5.59. The molecular weight excluding hydrogens is 532 g/mol. The van der Waals surface area contributed by atoms with Crippen molar-refractivity contribution in [2.45, 2.75) is 213 Å². The predicted octanol–water partition coefficient (Wildman–Crippen LogP) is 12.8. The second-order valence-corrected chi connectivity index (χ2v) is 12.7. The molecule has 0 aliphatic carbocycles. The number of rotatable bonds is 34. The summed E-state index contributed by atoms with van der Waals surface area (Å²) in [5, 5.41) is 9.46.